The Bertz CT molecular complexity index is 1740. The molecule has 4 aliphatic carbocycles. The molecule has 0 atom stereocenters. The summed E-state index contributed by atoms with van der Waals surface area (Å²) in [7, 11) is -1.43. The third kappa shape index (κ3) is 7.30. The fourth-order valence-corrected chi connectivity index (χ4v) is 14.5. The average molecular weight is 890 g/mol. The first-order valence-corrected chi connectivity index (χ1v) is 20.8. The Morgan fingerprint density at radius 1 is 0.408 bits per heavy atom. The topological polar surface area (TPSA) is 0 Å². The summed E-state index contributed by atoms with van der Waals surface area (Å²) in [4.78, 5) is 0. The van der Waals surface area contributed by atoms with Crippen LogP contribution in [-0.4, -0.2) is 4.08 Å². The molecule has 0 aromatic heterocycles. The molecule has 0 amide bonds. The van der Waals surface area contributed by atoms with Gasteiger partial charge in [-0.15, -0.1) is 0 Å². The van der Waals surface area contributed by atoms with Gasteiger partial charge in [0.05, 0.1) is 0 Å². The number of hydrogen-bond acceptors (Lipinski definition) is 2. The van der Waals surface area contributed by atoms with Gasteiger partial charge in [0.1, 0.15) is 0 Å². The molecule has 248 valence electrons. The van der Waals surface area contributed by atoms with Crippen molar-refractivity contribution in [2.75, 3.05) is 0 Å². The molecule has 49 heavy (non-hydrogen) atoms. The smallest absolute Gasteiger partial charge is 0.811 e. The van der Waals surface area contributed by atoms with E-state index >= 15 is 0 Å². The van der Waals surface area contributed by atoms with Crippen molar-refractivity contribution < 1.29 is 21.1 Å². The quantitative estimate of drug-likeness (QED) is 0.122. The summed E-state index contributed by atoms with van der Waals surface area (Å²) in [5.74, 6) is 3.45. The van der Waals surface area contributed by atoms with Crippen molar-refractivity contribution in [3.63, 3.8) is 0 Å². The Labute approximate surface area is 320 Å². The van der Waals surface area contributed by atoms with Crippen molar-refractivity contribution in [1.29, 1.82) is 0 Å². The Kier molecular flexibility index (Phi) is 11.2. The minimum absolute atomic E-state index is 0. The normalized spacial score (nSPS) is 21.6. The van der Waals surface area contributed by atoms with Crippen LogP contribution in [0.3, 0.4) is 0 Å². The summed E-state index contributed by atoms with van der Waals surface area (Å²) in [5.41, 5.74) is 0. The van der Waals surface area contributed by atoms with E-state index in [1.165, 1.54) is 74.7 Å². The Morgan fingerprint density at radius 3 is 1.06 bits per heavy atom. The van der Waals surface area contributed by atoms with E-state index in [1.807, 2.05) is 0 Å². The molecule has 0 spiro atoms. The predicted octanol–water partition coefficient (Wildman–Crippen LogP) is 8.59. The van der Waals surface area contributed by atoms with Gasteiger partial charge in [0.2, 0.25) is 0 Å². The first-order chi connectivity index (χ1) is 23.6. The third-order valence-corrected chi connectivity index (χ3v) is 17.0. The van der Waals surface area contributed by atoms with E-state index in [9.17, 15) is 0 Å². The van der Waals surface area contributed by atoms with Gasteiger partial charge in [0.15, 0.2) is 0 Å². The van der Waals surface area contributed by atoms with Crippen molar-refractivity contribution in [1.82, 2.24) is 0 Å². The summed E-state index contributed by atoms with van der Waals surface area (Å²) in [6.45, 7) is 0. The van der Waals surface area contributed by atoms with Gasteiger partial charge < -0.3 is 25.3 Å². The zero-order valence-electron chi connectivity index (χ0n) is 27.4. The molecule has 6 aromatic rings. The molecule has 5 heteroatoms. The van der Waals surface area contributed by atoms with Crippen LogP contribution in [0, 0.1) is 23.7 Å². The van der Waals surface area contributed by atoms with E-state index in [2.05, 4.69) is 158 Å². The molecule has 10 rings (SSSR count). The average Bonchev–Trinajstić information content (AvgIpc) is 3.13. The second-order valence-electron chi connectivity index (χ2n) is 13.7. The molecule has 0 aliphatic heterocycles. The molecule has 0 unspecified atom stereocenters. The Balaban J connectivity index is 0.000000243. The Morgan fingerprint density at radius 2 is 0.735 bits per heavy atom. The fraction of sp³-hybridized carbons (Fsp3) is 0.227. The van der Waals surface area contributed by atoms with Crippen molar-refractivity contribution in [2.24, 2.45) is 23.7 Å². The molecule has 4 aliphatic rings. The van der Waals surface area contributed by atoms with Gasteiger partial charge in [-0.25, -0.2) is 0 Å². The van der Waals surface area contributed by atoms with Gasteiger partial charge in [-0.3, -0.25) is 4.08 Å². The maximum Gasteiger partial charge on any atom is 2.00 e. The molecule has 4 saturated carbocycles. The molecule has 6 aromatic carbocycles. The van der Waals surface area contributed by atoms with Gasteiger partial charge in [-0.2, -0.15) is 0 Å². The molecule has 4 bridgehead atoms. The molecule has 0 saturated heterocycles. The van der Waals surface area contributed by atoms with Crippen molar-refractivity contribution in [2.45, 2.75) is 36.2 Å². The zero-order chi connectivity index (χ0) is 32.5. The predicted molar refractivity (Wildman–Crippen MR) is 216 cm³/mol. The van der Waals surface area contributed by atoms with E-state index in [0.29, 0.717) is 0 Å². The van der Waals surface area contributed by atoms with Crippen LogP contribution in [0.2, 0.25) is 0 Å². The first-order valence-electron chi connectivity index (χ1n) is 17.3. The van der Waals surface area contributed by atoms with Crippen LogP contribution in [0.1, 0.15) is 32.1 Å². The summed E-state index contributed by atoms with van der Waals surface area (Å²) in [6.07, 6.45) is 6.94. The second kappa shape index (κ2) is 15.6. The number of hydrogen-bond donors (Lipinski definition) is 0. The summed E-state index contributed by atoms with van der Waals surface area (Å²) in [5, 5.41) is 11.1. The fourth-order valence-electron chi connectivity index (χ4n) is 8.68. The van der Waals surface area contributed by atoms with Crippen LogP contribution in [0.15, 0.2) is 158 Å². The first kappa shape index (κ1) is 35.2. The third-order valence-electron chi connectivity index (χ3n) is 10.7. The van der Waals surface area contributed by atoms with Crippen molar-refractivity contribution >= 4 is 83.7 Å². The summed E-state index contributed by atoms with van der Waals surface area (Å²) >= 11 is 11.2. The minimum atomic E-state index is -0.714. The second-order valence-corrected chi connectivity index (χ2v) is 19.7. The molecule has 0 heterocycles. The van der Waals surface area contributed by atoms with Gasteiger partial charge in [-0.05, 0) is 76.7 Å². The molecule has 0 radical (unpaired) electrons. The SMILES string of the molecule is [Pt+2].[S-]C1([S-])C2CC3CC(C2)CC1C3.c1ccc(P(c2ccccc2)c2cccc3cccc(P(c4ccccc4)c4ccccc4)c23)cc1. The van der Waals surface area contributed by atoms with E-state index in [0.717, 1.165) is 23.7 Å². The standard InChI is InChI=1S/C34H26P2.C10H16S2.Pt/c1-5-17-28(18-6-1)35(29-19-7-2-8-20-29)32-25-13-15-27-16-14-26-33(34(27)32)36(30-21-9-3-10-22-30)31-23-11-4-12-24-31;11-10(12)8-2-6-1-7(4-8)5-9(10)3-6;/h1-26H;6-9,11-12H,1-5H2;/q;;+2/p-2. The van der Waals surface area contributed by atoms with Gasteiger partial charge in [-0.1, -0.05) is 195 Å². The maximum atomic E-state index is 5.58. The molecule has 0 nitrogen and oxygen atoms in total. The van der Waals surface area contributed by atoms with Gasteiger partial charge in [0.25, 0.3) is 0 Å². The molecule has 4 fully saturated rings. The van der Waals surface area contributed by atoms with Crippen LogP contribution in [0.4, 0.5) is 0 Å². The van der Waals surface area contributed by atoms with E-state index in [4.69, 9.17) is 25.3 Å². The molecular weight excluding hydrogens is 850 g/mol. The van der Waals surface area contributed by atoms with Crippen LogP contribution in [0.5, 0.6) is 0 Å². The zero-order valence-corrected chi connectivity index (χ0v) is 33.1. The molecule has 0 N–H and O–H groups in total. The van der Waals surface area contributed by atoms with Crippen LogP contribution in [-0.2, 0) is 46.3 Å². The largest absolute Gasteiger partial charge is 2.00 e. The Hall–Kier alpha value is -2.17. The van der Waals surface area contributed by atoms with E-state index in [1.54, 1.807) is 0 Å². The summed E-state index contributed by atoms with van der Waals surface area (Å²) < 4.78 is -0.132. The van der Waals surface area contributed by atoms with Crippen LogP contribution >= 0.6 is 15.8 Å². The van der Waals surface area contributed by atoms with Crippen molar-refractivity contribution in [3.8, 4) is 0 Å². The monoisotopic (exact) mass is 889 g/mol. The van der Waals surface area contributed by atoms with Gasteiger partial charge in [0, 0.05) is 0 Å². The minimum Gasteiger partial charge on any atom is -0.811 e. The van der Waals surface area contributed by atoms with Crippen molar-refractivity contribution in [3.05, 3.63) is 158 Å². The van der Waals surface area contributed by atoms with E-state index < -0.39 is 15.8 Å². The van der Waals surface area contributed by atoms with Gasteiger partial charge >= 0.3 is 21.1 Å². The maximum absolute atomic E-state index is 5.58. The van der Waals surface area contributed by atoms with E-state index in [-0.39, 0.29) is 25.1 Å². The van der Waals surface area contributed by atoms with Crippen LogP contribution in [0.25, 0.3) is 10.8 Å². The molecular formula is C44H40P2PtS2. The number of rotatable bonds is 6. The number of benzene rings is 6. The van der Waals surface area contributed by atoms with Crippen LogP contribution < -0.4 is 31.8 Å². The summed E-state index contributed by atoms with van der Waals surface area (Å²) in [6, 6.07) is 57.8. The number of fused-ring (bicyclic) bond motifs is 1.